The minimum absolute atomic E-state index is 0.102. The molecule has 2 aromatic rings. The summed E-state index contributed by atoms with van der Waals surface area (Å²) in [6, 6.07) is 13.4. The van der Waals surface area contributed by atoms with Gasteiger partial charge in [-0.15, -0.1) is 0 Å². The highest BCUT2D eigenvalue weighted by molar-refractivity contribution is 7.89. The highest BCUT2D eigenvalue weighted by Crippen LogP contribution is 2.18. The average molecular weight is 484 g/mol. The SMILES string of the molecule is Cc1ccc(CN(CC(=O)NCCOc2ccc(S(=O)(=O)N(C)C)cc2)S(C)(=O)=O)cc1. The van der Waals surface area contributed by atoms with Crippen molar-refractivity contribution in [2.45, 2.75) is 18.4 Å². The molecule has 0 unspecified atom stereocenters. The van der Waals surface area contributed by atoms with E-state index in [1.807, 2.05) is 31.2 Å². The van der Waals surface area contributed by atoms with Gasteiger partial charge in [0.2, 0.25) is 26.0 Å². The van der Waals surface area contributed by atoms with Crippen LogP contribution in [0.3, 0.4) is 0 Å². The third-order valence-electron chi connectivity index (χ3n) is 4.56. The van der Waals surface area contributed by atoms with Gasteiger partial charge in [-0.2, -0.15) is 4.31 Å². The number of nitrogens with zero attached hydrogens (tertiary/aromatic N) is 2. The van der Waals surface area contributed by atoms with E-state index in [9.17, 15) is 21.6 Å². The van der Waals surface area contributed by atoms with Crippen molar-refractivity contribution >= 4 is 26.0 Å². The van der Waals surface area contributed by atoms with Crippen LogP contribution in [0.15, 0.2) is 53.4 Å². The normalized spacial score (nSPS) is 12.2. The molecular weight excluding hydrogens is 454 g/mol. The van der Waals surface area contributed by atoms with Crippen LogP contribution in [-0.4, -0.2) is 71.4 Å². The van der Waals surface area contributed by atoms with Gasteiger partial charge in [0.05, 0.1) is 24.2 Å². The summed E-state index contributed by atoms with van der Waals surface area (Å²) < 4.78 is 56.0. The number of benzene rings is 2. The molecule has 0 aliphatic heterocycles. The standard InChI is InChI=1S/C21H29N3O6S2/c1-17-5-7-18(8-6-17)15-24(31(4,26)27)16-21(25)22-13-14-30-19-9-11-20(12-10-19)32(28,29)23(2)3/h5-12H,13-16H2,1-4H3,(H,22,25). The van der Waals surface area contributed by atoms with Gasteiger partial charge in [-0.3, -0.25) is 4.79 Å². The fourth-order valence-electron chi connectivity index (χ4n) is 2.68. The number of carbonyl (C=O) groups excluding carboxylic acids is 1. The summed E-state index contributed by atoms with van der Waals surface area (Å²) in [6.07, 6.45) is 1.07. The molecular formula is C21H29N3O6S2. The quantitative estimate of drug-likeness (QED) is 0.481. The molecule has 0 fully saturated rings. The highest BCUT2D eigenvalue weighted by Gasteiger charge is 2.20. The molecule has 11 heteroatoms. The van der Waals surface area contributed by atoms with E-state index in [-0.39, 0.29) is 31.1 Å². The van der Waals surface area contributed by atoms with E-state index < -0.39 is 26.0 Å². The van der Waals surface area contributed by atoms with E-state index in [1.165, 1.54) is 38.4 Å². The Balaban J connectivity index is 1.84. The molecule has 0 atom stereocenters. The fourth-order valence-corrected chi connectivity index (χ4v) is 4.32. The third kappa shape index (κ3) is 7.59. The second-order valence-electron chi connectivity index (χ2n) is 7.47. The van der Waals surface area contributed by atoms with Crippen LogP contribution in [0.4, 0.5) is 0 Å². The van der Waals surface area contributed by atoms with Gasteiger partial charge in [-0.05, 0) is 36.8 Å². The van der Waals surface area contributed by atoms with Crippen molar-refractivity contribution in [1.29, 1.82) is 0 Å². The van der Waals surface area contributed by atoms with Crippen LogP contribution in [0.5, 0.6) is 5.75 Å². The van der Waals surface area contributed by atoms with Crippen LogP contribution in [0.2, 0.25) is 0 Å². The van der Waals surface area contributed by atoms with E-state index in [2.05, 4.69) is 5.32 Å². The van der Waals surface area contributed by atoms with Gasteiger partial charge >= 0.3 is 0 Å². The second kappa shape index (κ2) is 10.9. The van der Waals surface area contributed by atoms with Gasteiger partial charge in [0, 0.05) is 20.6 Å². The largest absolute Gasteiger partial charge is 0.492 e. The molecule has 0 heterocycles. The maximum absolute atomic E-state index is 12.2. The molecule has 0 aliphatic rings. The fraction of sp³-hybridized carbons (Fsp3) is 0.381. The molecule has 0 spiro atoms. The summed E-state index contributed by atoms with van der Waals surface area (Å²) in [6.45, 7) is 2.05. The number of amides is 1. The van der Waals surface area contributed by atoms with Gasteiger partial charge in [0.15, 0.2) is 0 Å². The van der Waals surface area contributed by atoms with Gasteiger partial charge in [0.25, 0.3) is 0 Å². The van der Waals surface area contributed by atoms with Crippen LogP contribution in [0.1, 0.15) is 11.1 Å². The smallest absolute Gasteiger partial charge is 0.242 e. The first-order valence-electron chi connectivity index (χ1n) is 9.82. The Morgan fingerprint density at radius 2 is 1.56 bits per heavy atom. The van der Waals surface area contributed by atoms with Gasteiger partial charge in [-0.1, -0.05) is 29.8 Å². The van der Waals surface area contributed by atoms with Crippen LogP contribution >= 0.6 is 0 Å². The Bertz CT molecular complexity index is 1110. The molecule has 0 aromatic heterocycles. The number of carbonyl (C=O) groups is 1. The first-order chi connectivity index (χ1) is 14.9. The lowest BCUT2D eigenvalue weighted by Gasteiger charge is -2.19. The monoisotopic (exact) mass is 483 g/mol. The predicted molar refractivity (Wildman–Crippen MR) is 122 cm³/mol. The molecule has 32 heavy (non-hydrogen) atoms. The Morgan fingerprint density at radius 3 is 2.09 bits per heavy atom. The summed E-state index contributed by atoms with van der Waals surface area (Å²) in [7, 11) is -4.18. The lowest BCUT2D eigenvalue weighted by Crippen LogP contribution is -2.40. The molecule has 176 valence electrons. The molecule has 0 aliphatic carbocycles. The molecule has 2 rings (SSSR count). The third-order valence-corrected chi connectivity index (χ3v) is 7.59. The number of hydrogen-bond donors (Lipinski definition) is 1. The van der Waals surface area contributed by atoms with Crippen molar-refractivity contribution in [3.05, 3.63) is 59.7 Å². The van der Waals surface area contributed by atoms with Crippen molar-refractivity contribution in [1.82, 2.24) is 13.9 Å². The molecule has 0 saturated heterocycles. The van der Waals surface area contributed by atoms with Crippen LogP contribution in [0, 0.1) is 6.92 Å². The Kier molecular flexibility index (Phi) is 8.79. The minimum Gasteiger partial charge on any atom is -0.492 e. The molecule has 0 radical (unpaired) electrons. The maximum atomic E-state index is 12.2. The second-order valence-corrected chi connectivity index (χ2v) is 11.6. The zero-order chi connectivity index (χ0) is 23.9. The summed E-state index contributed by atoms with van der Waals surface area (Å²) in [4.78, 5) is 12.4. The Labute approximate surface area is 190 Å². The van der Waals surface area contributed by atoms with Gasteiger partial charge < -0.3 is 10.1 Å². The van der Waals surface area contributed by atoms with E-state index in [0.717, 1.165) is 26.0 Å². The van der Waals surface area contributed by atoms with Crippen LogP contribution in [0.25, 0.3) is 0 Å². The maximum Gasteiger partial charge on any atom is 0.242 e. The first-order valence-corrected chi connectivity index (χ1v) is 13.1. The predicted octanol–water partition coefficient (Wildman–Crippen LogP) is 1.20. The zero-order valence-electron chi connectivity index (χ0n) is 18.6. The summed E-state index contributed by atoms with van der Waals surface area (Å²) in [5.41, 5.74) is 1.85. The Morgan fingerprint density at radius 1 is 0.969 bits per heavy atom. The molecule has 0 saturated carbocycles. The molecule has 2 aromatic carbocycles. The number of rotatable bonds is 11. The van der Waals surface area contributed by atoms with Crippen molar-refractivity contribution in [2.75, 3.05) is 40.0 Å². The number of aryl methyl sites for hydroxylation is 1. The molecule has 1 amide bonds. The number of nitrogens with one attached hydrogen (secondary N) is 1. The van der Waals surface area contributed by atoms with Gasteiger partial charge in [-0.25, -0.2) is 21.1 Å². The van der Waals surface area contributed by atoms with E-state index in [1.54, 1.807) is 0 Å². The topological polar surface area (TPSA) is 113 Å². The molecule has 9 nitrogen and oxygen atoms in total. The van der Waals surface area contributed by atoms with Gasteiger partial charge in [0.1, 0.15) is 12.4 Å². The summed E-state index contributed by atoms with van der Waals surface area (Å²) in [5, 5.41) is 2.63. The lowest BCUT2D eigenvalue weighted by molar-refractivity contribution is -0.121. The summed E-state index contributed by atoms with van der Waals surface area (Å²) >= 11 is 0. The number of sulfonamides is 2. The van der Waals surface area contributed by atoms with Crippen molar-refractivity contribution in [3.63, 3.8) is 0 Å². The first kappa shape index (κ1) is 25.8. The molecule has 0 bridgehead atoms. The van der Waals surface area contributed by atoms with E-state index >= 15 is 0 Å². The van der Waals surface area contributed by atoms with Crippen molar-refractivity contribution in [2.24, 2.45) is 0 Å². The summed E-state index contributed by atoms with van der Waals surface area (Å²) in [5.74, 6) is 0.00708. The highest BCUT2D eigenvalue weighted by atomic mass is 32.2. The number of hydrogen-bond acceptors (Lipinski definition) is 6. The van der Waals surface area contributed by atoms with E-state index in [0.29, 0.717) is 5.75 Å². The zero-order valence-corrected chi connectivity index (χ0v) is 20.2. The lowest BCUT2D eigenvalue weighted by atomic mass is 10.1. The average Bonchev–Trinajstić information content (AvgIpc) is 2.72. The van der Waals surface area contributed by atoms with Crippen LogP contribution < -0.4 is 10.1 Å². The van der Waals surface area contributed by atoms with E-state index in [4.69, 9.17) is 4.74 Å². The van der Waals surface area contributed by atoms with Crippen molar-refractivity contribution < 1.29 is 26.4 Å². The Hall–Kier alpha value is -2.47. The number of ether oxygens (including phenoxy) is 1. The molecule has 1 N–H and O–H groups in total. The van der Waals surface area contributed by atoms with Crippen molar-refractivity contribution in [3.8, 4) is 5.75 Å². The minimum atomic E-state index is -3.58. The van der Waals surface area contributed by atoms with Crippen LogP contribution in [-0.2, 0) is 31.4 Å².